The zero-order valence-electron chi connectivity index (χ0n) is 11.4. The van der Waals surface area contributed by atoms with Crippen LogP contribution in [0, 0.1) is 11.8 Å². The number of aliphatic hydroxyl groups is 1. The zero-order valence-corrected chi connectivity index (χ0v) is 11.4. The Morgan fingerprint density at radius 1 is 1.48 bits per heavy atom. The second-order valence-corrected chi connectivity index (χ2v) is 5.36. The standard InChI is InChI=1S/C14H18F3NO3/c15-14(16,17)10-4-1-3-9(7-10)13(20)18-11(8-19)12-5-2-6-21-12/h2,5-6,9-11,19H,1,3-4,7-8H2,(H,18,20). The van der Waals surface area contributed by atoms with Gasteiger partial charge in [0.2, 0.25) is 5.91 Å². The summed E-state index contributed by atoms with van der Waals surface area (Å²) < 4.78 is 43.3. The van der Waals surface area contributed by atoms with Crippen molar-refractivity contribution in [2.24, 2.45) is 11.8 Å². The molecule has 0 aromatic carbocycles. The van der Waals surface area contributed by atoms with Gasteiger partial charge in [0.05, 0.1) is 18.8 Å². The van der Waals surface area contributed by atoms with E-state index in [0.29, 0.717) is 18.6 Å². The number of rotatable bonds is 4. The van der Waals surface area contributed by atoms with Crippen molar-refractivity contribution < 1.29 is 27.5 Å². The minimum atomic E-state index is -4.25. The van der Waals surface area contributed by atoms with Crippen LogP contribution in [-0.2, 0) is 4.79 Å². The SMILES string of the molecule is O=C(NC(CO)c1ccco1)C1CCCC(C(F)(F)F)C1. The van der Waals surface area contributed by atoms with E-state index in [2.05, 4.69) is 5.32 Å². The molecule has 3 unspecified atom stereocenters. The van der Waals surface area contributed by atoms with Crippen LogP contribution in [0.25, 0.3) is 0 Å². The van der Waals surface area contributed by atoms with Gasteiger partial charge in [-0.25, -0.2) is 0 Å². The van der Waals surface area contributed by atoms with E-state index >= 15 is 0 Å². The van der Waals surface area contributed by atoms with Gasteiger partial charge in [-0.05, 0) is 31.4 Å². The highest BCUT2D eigenvalue weighted by atomic mass is 19.4. The highest BCUT2D eigenvalue weighted by Crippen LogP contribution is 2.40. The number of furan rings is 1. The maximum Gasteiger partial charge on any atom is 0.391 e. The van der Waals surface area contributed by atoms with E-state index < -0.39 is 30.0 Å². The van der Waals surface area contributed by atoms with Crippen LogP contribution in [0.4, 0.5) is 13.2 Å². The third-order valence-electron chi connectivity index (χ3n) is 3.89. The molecule has 1 aliphatic carbocycles. The average Bonchev–Trinajstić information content (AvgIpc) is 2.97. The van der Waals surface area contributed by atoms with Gasteiger partial charge in [0.25, 0.3) is 0 Å². The Hall–Kier alpha value is -1.50. The summed E-state index contributed by atoms with van der Waals surface area (Å²) in [6.07, 6.45) is -2.14. The lowest BCUT2D eigenvalue weighted by molar-refractivity contribution is -0.186. The third-order valence-corrected chi connectivity index (χ3v) is 3.89. The van der Waals surface area contributed by atoms with Gasteiger partial charge in [-0.15, -0.1) is 0 Å². The van der Waals surface area contributed by atoms with Crippen molar-refractivity contribution in [2.45, 2.75) is 37.9 Å². The monoisotopic (exact) mass is 305 g/mol. The Morgan fingerprint density at radius 3 is 2.81 bits per heavy atom. The smallest absolute Gasteiger partial charge is 0.391 e. The Bertz CT molecular complexity index is 459. The fraction of sp³-hybridized carbons (Fsp3) is 0.643. The summed E-state index contributed by atoms with van der Waals surface area (Å²) >= 11 is 0. The van der Waals surface area contributed by atoms with E-state index in [4.69, 9.17) is 4.42 Å². The topological polar surface area (TPSA) is 62.5 Å². The molecule has 3 atom stereocenters. The second-order valence-electron chi connectivity index (χ2n) is 5.36. The zero-order chi connectivity index (χ0) is 15.5. The molecule has 118 valence electrons. The molecule has 0 saturated heterocycles. The molecule has 21 heavy (non-hydrogen) atoms. The van der Waals surface area contributed by atoms with Gasteiger partial charge in [0.1, 0.15) is 11.8 Å². The van der Waals surface area contributed by atoms with Crippen molar-refractivity contribution in [3.05, 3.63) is 24.2 Å². The van der Waals surface area contributed by atoms with E-state index in [0.717, 1.165) is 0 Å². The van der Waals surface area contributed by atoms with Crippen molar-refractivity contribution in [1.82, 2.24) is 5.32 Å². The van der Waals surface area contributed by atoms with Crippen LogP contribution in [-0.4, -0.2) is 23.8 Å². The van der Waals surface area contributed by atoms with Crippen LogP contribution in [0.1, 0.15) is 37.5 Å². The molecule has 2 N–H and O–H groups in total. The summed E-state index contributed by atoms with van der Waals surface area (Å²) in [4.78, 5) is 12.1. The molecular formula is C14H18F3NO3. The van der Waals surface area contributed by atoms with E-state index in [1.54, 1.807) is 12.1 Å². The molecule has 0 aliphatic heterocycles. The van der Waals surface area contributed by atoms with Crippen molar-refractivity contribution in [2.75, 3.05) is 6.61 Å². The van der Waals surface area contributed by atoms with E-state index in [-0.39, 0.29) is 19.4 Å². The normalized spacial score (nSPS) is 24.6. The van der Waals surface area contributed by atoms with Crippen LogP contribution in [0.3, 0.4) is 0 Å². The number of halogens is 3. The third kappa shape index (κ3) is 4.00. The van der Waals surface area contributed by atoms with E-state index in [9.17, 15) is 23.1 Å². The van der Waals surface area contributed by atoms with Crippen molar-refractivity contribution in [1.29, 1.82) is 0 Å². The number of nitrogens with one attached hydrogen (secondary N) is 1. The molecular weight excluding hydrogens is 287 g/mol. The summed E-state index contributed by atoms with van der Waals surface area (Å²) in [5.74, 6) is -2.17. The first kappa shape index (κ1) is 15.9. The Kier molecular flexibility index (Phi) is 4.92. The Balaban J connectivity index is 1.96. The van der Waals surface area contributed by atoms with Gasteiger partial charge in [-0.3, -0.25) is 4.79 Å². The number of amides is 1. The maximum absolute atomic E-state index is 12.7. The number of hydrogen-bond donors (Lipinski definition) is 2. The van der Waals surface area contributed by atoms with Crippen LogP contribution < -0.4 is 5.32 Å². The molecule has 1 aromatic rings. The predicted octanol–water partition coefficient (Wildman–Crippen LogP) is 2.80. The quantitative estimate of drug-likeness (QED) is 0.899. The summed E-state index contributed by atoms with van der Waals surface area (Å²) in [7, 11) is 0. The van der Waals surface area contributed by atoms with Gasteiger partial charge in [-0.1, -0.05) is 6.42 Å². The Labute approximate surface area is 120 Å². The first-order chi connectivity index (χ1) is 9.91. The first-order valence-corrected chi connectivity index (χ1v) is 6.93. The molecule has 1 aromatic heterocycles. The molecule has 0 bridgehead atoms. The molecule has 2 rings (SSSR count). The average molecular weight is 305 g/mol. The fourth-order valence-corrected chi connectivity index (χ4v) is 2.71. The molecule has 1 amide bonds. The van der Waals surface area contributed by atoms with E-state index in [1.807, 2.05) is 0 Å². The number of carbonyl (C=O) groups is 1. The number of alkyl halides is 3. The molecule has 0 radical (unpaired) electrons. The fourth-order valence-electron chi connectivity index (χ4n) is 2.71. The van der Waals surface area contributed by atoms with Gasteiger partial charge in [0, 0.05) is 5.92 Å². The number of hydrogen-bond acceptors (Lipinski definition) is 3. The lowest BCUT2D eigenvalue weighted by atomic mass is 9.80. The number of carbonyl (C=O) groups excluding carboxylic acids is 1. The van der Waals surface area contributed by atoms with Crippen molar-refractivity contribution in [3.63, 3.8) is 0 Å². The molecule has 4 nitrogen and oxygen atoms in total. The van der Waals surface area contributed by atoms with Gasteiger partial charge in [0.15, 0.2) is 0 Å². The number of aliphatic hydroxyl groups excluding tert-OH is 1. The van der Waals surface area contributed by atoms with Crippen LogP contribution in [0.5, 0.6) is 0 Å². The summed E-state index contributed by atoms with van der Waals surface area (Å²) in [5.41, 5.74) is 0. The predicted molar refractivity (Wildman–Crippen MR) is 68.2 cm³/mol. The first-order valence-electron chi connectivity index (χ1n) is 6.93. The van der Waals surface area contributed by atoms with Crippen LogP contribution in [0.2, 0.25) is 0 Å². The molecule has 1 fully saturated rings. The van der Waals surface area contributed by atoms with Gasteiger partial charge < -0.3 is 14.8 Å². The molecule has 1 aliphatic rings. The minimum Gasteiger partial charge on any atom is -0.467 e. The maximum atomic E-state index is 12.7. The van der Waals surface area contributed by atoms with E-state index in [1.165, 1.54) is 6.26 Å². The summed E-state index contributed by atoms with van der Waals surface area (Å²) in [6.45, 7) is -0.366. The summed E-state index contributed by atoms with van der Waals surface area (Å²) in [6, 6.07) is 2.49. The van der Waals surface area contributed by atoms with Gasteiger partial charge >= 0.3 is 6.18 Å². The molecule has 1 saturated carbocycles. The highest BCUT2D eigenvalue weighted by molar-refractivity contribution is 5.79. The van der Waals surface area contributed by atoms with Gasteiger partial charge in [-0.2, -0.15) is 13.2 Å². The van der Waals surface area contributed by atoms with Crippen LogP contribution >= 0.6 is 0 Å². The second kappa shape index (κ2) is 6.51. The largest absolute Gasteiger partial charge is 0.467 e. The van der Waals surface area contributed by atoms with Crippen molar-refractivity contribution >= 4 is 5.91 Å². The minimum absolute atomic E-state index is 0.0783. The summed E-state index contributed by atoms with van der Waals surface area (Å²) in [5, 5.41) is 11.8. The Morgan fingerprint density at radius 2 is 2.24 bits per heavy atom. The lowest BCUT2D eigenvalue weighted by Gasteiger charge is -2.30. The molecule has 7 heteroatoms. The van der Waals surface area contributed by atoms with Crippen molar-refractivity contribution in [3.8, 4) is 0 Å². The molecule has 1 heterocycles. The van der Waals surface area contributed by atoms with Crippen LogP contribution in [0.15, 0.2) is 22.8 Å². The lowest BCUT2D eigenvalue weighted by Crippen LogP contribution is -2.39. The highest BCUT2D eigenvalue weighted by Gasteiger charge is 2.43. The molecule has 0 spiro atoms.